The van der Waals surface area contributed by atoms with E-state index in [2.05, 4.69) is 33.0 Å². The lowest BCUT2D eigenvalue weighted by Gasteiger charge is -2.00. The molecule has 0 amide bonds. The first kappa shape index (κ1) is 10.2. The van der Waals surface area contributed by atoms with Gasteiger partial charge in [-0.05, 0) is 36.8 Å². The van der Waals surface area contributed by atoms with Crippen molar-refractivity contribution in [1.82, 2.24) is 9.36 Å². The van der Waals surface area contributed by atoms with E-state index in [0.717, 1.165) is 17.5 Å². The van der Waals surface area contributed by atoms with E-state index >= 15 is 0 Å². The summed E-state index contributed by atoms with van der Waals surface area (Å²) in [6, 6.07) is 2.15. The predicted molar refractivity (Wildman–Crippen MR) is 68.3 cm³/mol. The Bertz CT molecular complexity index is 485. The number of thiophene rings is 1. The van der Waals surface area contributed by atoms with Gasteiger partial charge < -0.3 is 5.32 Å². The number of hydrogen-bond acceptors (Lipinski definition) is 5. The third-order valence-corrected chi connectivity index (χ3v) is 4.46. The van der Waals surface area contributed by atoms with Gasteiger partial charge in [0.2, 0.25) is 5.13 Å². The van der Waals surface area contributed by atoms with Gasteiger partial charge in [-0.3, -0.25) is 0 Å². The van der Waals surface area contributed by atoms with Crippen molar-refractivity contribution >= 4 is 28.0 Å². The van der Waals surface area contributed by atoms with Crippen LogP contribution in [0.25, 0.3) is 0 Å². The predicted octanol–water partition coefficient (Wildman–Crippen LogP) is 3.40. The maximum absolute atomic E-state index is 4.50. The van der Waals surface area contributed by atoms with Crippen LogP contribution in [0.4, 0.5) is 5.13 Å². The van der Waals surface area contributed by atoms with E-state index in [1.807, 2.05) is 0 Å². The lowest BCUT2D eigenvalue weighted by molar-refractivity contribution is 0.980. The molecular weight excluding hydrogens is 238 g/mol. The van der Waals surface area contributed by atoms with E-state index in [1.54, 1.807) is 11.3 Å². The van der Waals surface area contributed by atoms with E-state index in [4.69, 9.17) is 0 Å². The standard InChI is InChI=1S/C11H13N3S2/c1-7-4-5-15-9(7)6-12-11-13-10(14-16-11)8-2-3-8/h4-5,8H,2-3,6H2,1H3,(H,12,13,14). The van der Waals surface area contributed by atoms with Gasteiger partial charge in [0, 0.05) is 22.3 Å². The summed E-state index contributed by atoms with van der Waals surface area (Å²) in [4.78, 5) is 5.88. The zero-order valence-corrected chi connectivity index (χ0v) is 10.7. The largest absolute Gasteiger partial charge is 0.355 e. The zero-order chi connectivity index (χ0) is 11.0. The molecule has 2 heterocycles. The molecule has 0 spiro atoms. The summed E-state index contributed by atoms with van der Waals surface area (Å²) in [7, 11) is 0. The van der Waals surface area contributed by atoms with Gasteiger partial charge in [0.15, 0.2) is 0 Å². The number of aryl methyl sites for hydroxylation is 1. The van der Waals surface area contributed by atoms with Crippen molar-refractivity contribution in [1.29, 1.82) is 0 Å². The van der Waals surface area contributed by atoms with Crippen LogP contribution in [0.5, 0.6) is 0 Å². The number of nitrogens with zero attached hydrogens (tertiary/aromatic N) is 2. The molecule has 0 saturated heterocycles. The molecule has 84 valence electrons. The van der Waals surface area contributed by atoms with Crippen molar-refractivity contribution in [2.24, 2.45) is 0 Å². The SMILES string of the molecule is Cc1ccsc1CNc1nc(C2CC2)ns1. The molecule has 3 rings (SSSR count). The Kier molecular flexibility index (Phi) is 2.65. The number of rotatable bonds is 4. The Morgan fingerprint density at radius 3 is 3.06 bits per heavy atom. The molecule has 3 nitrogen and oxygen atoms in total. The molecule has 0 aromatic carbocycles. The van der Waals surface area contributed by atoms with Crippen LogP contribution in [0.1, 0.15) is 35.0 Å². The van der Waals surface area contributed by atoms with E-state index in [1.165, 1.54) is 34.8 Å². The van der Waals surface area contributed by atoms with Crippen LogP contribution >= 0.6 is 22.9 Å². The van der Waals surface area contributed by atoms with Crippen molar-refractivity contribution in [3.05, 3.63) is 27.7 Å². The second-order valence-corrected chi connectivity index (χ2v) is 5.86. The molecule has 1 N–H and O–H groups in total. The number of anilines is 1. The summed E-state index contributed by atoms with van der Waals surface area (Å²) < 4.78 is 4.37. The minimum Gasteiger partial charge on any atom is -0.355 e. The molecule has 0 bridgehead atoms. The number of nitrogens with one attached hydrogen (secondary N) is 1. The van der Waals surface area contributed by atoms with E-state index < -0.39 is 0 Å². The molecule has 0 unspecified atom stereocenters. The van der Waals surface area contributed by atoms with Gasteiger partial charge in [-0.25, -0.2) is 4.98 Å². The van der Waals surface area contributed by atoms with Gasteiger partial charge in [-0.15, -0.1) is 11.3 Å². The zero-order valence-electron chi connectivity index (χ0n) is 9.06. The van der Waals surface area contributed by atoms with Crippen LogP contribution in [0.2, 0.25) is 0 Å². The van der Waals surface area contributed by atoms with Crippen molar-refractivity contribution in [3.63, 3.8) is 0 Å². The van der Waals surface area contributed by atoms with Crippen molar-refractivity contribution < 1.29 is 0 Å². The molecule has 0 atom stereocenters. The lowest BCUT2D eigenvalue weighted by atomic mass is 10.3. The molecule has 2 aromatic rings. The van der Waals surface area contributed by atoms with E-state index in [-0.39, 0.29) is 0 Å². The molecule has 5 heteroatoms. The molecule has 1 saturated carbocycles. The van der Waals surface area contributed by atoms with Crippen LogP contribution < -0.4 is 5.32 Å². The summed E-state index contributed by atoms with van der Waals surface area (Å²) >= 11 is 3.27. The van der Waals surface area contributed by atoms with Crippen LogP contribution in [0.3, 0.4) is 0 Å². The Morgan fingerprint density at radius 2 is 2.38 bits per heavy atom. The summed E-state index contributed by atoms with van der Waals surface area (Å²) in [6.45, 7) is 3.01. The fourth-order valence-corrected chi connectivity index (χ4v) is 3.04. The summed E-state index contributed by atoms with van der Waals surface area (Å²) in [5.74, 6) is 1.69. The van der Waals surface area contributed by atoms with Gasteiger partial charge >= 0.3 is 0 Å². The number of aromatic nitrogens is 2. The van der Waals surface area contributed by atoms with Crippen molar-refractivity contribution in [2.45, 2.75) is 32.2 Å². The van der Waals surface area contributed by atoms with E-state index in [9.17, 15) is 0 Å². The molecule has 0 aliphatic heterocycles. The van der Waals surface area contributed by atoms with Gasteiger partial charge in [-0.1, -0.05) is 0 Å². The fourth-order valence-electron chi connectivity index (χ4n) is 1.56. The maximum atomic E-state index is 4.50. The van der Waals surface area contributed by atoms with E-state index in [0.29, 0.717) is 5.92 Å². The van der Waals surface area contributed by atoms with Crippen LogP contribution in [-0.2, 0) is 6.54 Å². The Hall–Kier alpha value is -0.940. The topological polar surface area (TPSA) is 37.8 Å². The average molecular weight is 251 g/mol. The molecule has 1 fully saturated rings. The Balaban J connectivity index is 1.63. The summed E-state index contributed by atoms with van der Waals surface area (Å²) in [6.07, 6.45) is 2.53. The highest BCUT2D eigenvalue weighted by Crippen LogP contribution is 2.39. The quantitative estimate of drug-likeness (QED) is 0.905. The first-order chi connectivity index (χ1) is 7.83. The highest BCUT2D eigenvalue weighted by atomic mass is 32.1. The van der Waals surface area contributed by atoms with Gasteiger partial charge in [-0.2, -0.15) is 4.37 Å². The summed E-state index contributed by atoms with van der Waals surface area (Å²) in [5.41, 5.74) is 1.35. The summed E-state index contributed by atoms with van der Waals surface area (Å²) in [5, 5.41) is 6.43. The smallest absolute Gasteiger partial charge is 0.202 e. The average Bonchev–Trinajstić information content (AvgIpc) is 2.89. The Morgan fingerprint density at radius 1 is 1.50 bits per heavy atom. The minimum atomic E-state index is 0.648. The second kappa shape index (κ2) is 4.14. The van der Waals surface area contributed by atoms with Crippen LogP contribution in [0, 0.1) is 6.92 Å². The molecule has 16 heavy (non-hydrogen) atoms. The molecule has 0 radical (unpaired) electrons. The first-order valence-corrected chi connectivity index (χ1v) is 7.08. The minimum absolute atomic E-state index is 0.648. The lowest BCUT2D eigenvalue weighted by Crippen LogP contribution is -1.98. The maximum Gasteiger partial charge on any atom is 0.202 e. The second-order valence-electron chi connectivity index (χ2n) is 4.11. The molecule has 1 aliphatic rings. The van der Waals surface area contributed by atoms with Gasteiger partial charge in [0.05, 0.1) is 6.54 Å². The highest BCUT2D eigenvalue weighted by molar-refractivity contribution is 7.10. The van der Waals surface area contributed by atoms with Gasteiger partial charge in [0.1, 0.15) is 5.82 Å². The third kappa shape index (κ3) is 2.10. The van der Waals surface area contributed by atoms with Crippen LogP contribution in [0.15, 0.2) is 11.4 Å². The highest BCUT2D eigenvalue weighted by Gasteiger charge is 2.27. The van der Waals surface area contributed by atoms with Gasteiger partial charge in [0.25, 0.3) is 0 Å². The fraction of sp³-hybridized carbons (Fsp3) is 0.455. The first-order valence-electron chi connectivity index (χ1n) is 5.43. The van der Waals surface area contributed by atoms with Crippen molar-refractivity contribution in [2.75, 3.05) is 5.32 Å². The third-order valence-electron chi connectivity index (χ3n) is 2.75. The Labute approximate surface area is 103 Å². The normalized spacial score (nSPS) is 15.3. The molecular formula is C11H13N3S2. The number of hydrogen-bond donors (Lipinski definition) is 1. The van der Waals surface area contributed by atoms with Crippen molar-refractivity contribution in [3.8, 4) is 0 Å². The molecule has 1 aliphatic carbocycles. The monoisotopic (exact) mass is 251 g/mol. The molecule has 2 aromatic heterocycles. The van der Waals surface area contributed by atoms with Crippen LogP contribution in [-0.4, -0.2) is 9.36 Å².